The first-order valence-electron chi connectivity index (χ1n) is 17.4. The Kier molecular flexibility index (Phi) is 9.26. The fourth-order valence-electron chi connectivity index (χ4n) is 8.30. The van der Waals surface area contributed by atoms with E-state index in [1.165, 1.54) is 11.1 Å². The van der Waals surface area contributed by atoms with Gasteiger partial charge in [0.2, 0.25) is 11.8 Å². The van der Waals surface area contributed by atoms with Crippen molar-refractivity contribution in [3.05, 3.63) is 60.0 Å². The zero-order valence-corrected chi connectivity index (χ0v) is 28.3. The van der Waals surface area contributed by atoms with Gasteiger partial charge in [-0.3, -0.25) is 19.2 Å². The van der Waals surface area contributed by atoms with Gasteiger partial charge in [0.05, 0.1) is 13.3 Å². The van der Waals surface area contributed by atoms with Crippen molar-refractivity contribution in [2.75, 3.05) is 18.6 Å². The van der Waals surface area contributed by atoms with Crippen LogP contribution in [0.2, 0.25) is 0 Å². The van der Waals surface area contributed by atoms with Crippen molar-refractivity contribution in [2.45, 2.75) is 116 Å². The minimum Gasteiger partial charge on any atom is -0.496 e. The summed E-state index contributed by atoms with van der Waals surface area (Å²) in [7, 11) is 1.74. The maximum Gasteiger partial charge on any atom is 0.231 e. The molecule has 46 heavy (non-hydrogen) atoms. The predicted molar refractivity (Wildman–Crippen MR) is 182 cm³/mol. The van der Waals surface area contributed by atoms with Gasteiger partial charge in [-0.25, -0.2) is 4.98 Å². The number of carbonyl (C=O) groups is 2. The van der Waals surface area contributed by atoms with Crippen LogP contribution in [0.4, 0.5) is 5.82 Å². The molecule has 8 heteroatoms. The average molecular weight is 626 g/mol. The summed E-state index contributed by atoms with van der Waals surface area (Å²) in [6, 6.07) is 11.3. The molecule has 7 rings (SSSR count). The van der Waals surface area contributed by atoms with E-state index < -0.39 is 0 Å². The number of rotatable bonds is 10. The Morgan fingerprint density at radius 2 is 1.74 bits per heavy atom. The topological polar surface area (TPSA) is 89.4 Å². The van der Waals surface area contributed by atoms with Crippen molar-refractivity contribution in [1.29, 1.82) is 0 Å². The summed E-state index contributed by atoms with van der Waals surface area (Å²) in [6.45, 7) is 8.97. The van der Waals surface area contributed by atoms with Gasteiger partial charge < -0.3 is 10.1 Å². The van der Waals surface area contributed by atoms with E-state index in [0.29, 0.717) is 13.0 Å². The number of fused-ring (bicyclic) bond motifs is 3. The Hall–Kier alpha value is -3.68. The van der Waals surface area contributed by atoms with Crippen molar-refractivity contribution >= 4 is 17.6 Å². The van der Waals surface area contributed by atoms with Crippen LogP contribution < -0.4 is 15.0 Å². The van der Waals surface area contributed by atoms with Crippen molar-refractivity contribution in [3.8, 4) is 16.9 Å². The van der Waals surface area contributed by atoms with Crippen LogP contribution in [0.1, 0.15) is 109 Å². The molecule has 0 atom stereocenters. The molecule has 1 N–H and O–H groups in total. The molecule has 4 aliphatic carbocycles. The molecule has 2 amide bonds. The Labute approximate surface area is 274 Å². The van der Waals surface area contributed by atoms with Crippen molar-refractivity contribution in [2.24, 2.45) is 11.3 Å². The normalized spacial score (nSPS) is 25.8. The van der Waals surface area contributed by atoms with Crippen LogP contribution >= 0.6 is 0 Å². The Morgan fingerprint density at radius 3 is 2.35 bits per heavy atom. The number of carbonyl (C=O) groups excluding carboxylic acids is 2. The van der Waals surface area contributed by atoms with Crippen LogP contribution in [0.5, 0.6) is 5.75 Å². The van der Waals surface area contributed by atoms with Crippen LogP contribution in [-0.2, 0) is 15.0 Å². The Balaban J connectivity index is 1.24. The first-order valence-corrected chi connectivity index (χ1v) is 17.4. The van der Waals surface area contributed by atoms with Gasteiger partial charge in [-0.1, -0.05) is 19.1 Å². The maximum absolute atomic E-state index is 14.5. The average Bonchev–Trinajstić information content (AvgIpc) is 3.59. The summed E-state index contributed by atoms with van der Waals surface area (Å²) in [6.07, 6.45) is 16.3. The molecule has 0 aliphatic heterocycles. The van der Waals surface area contributed by atoms with Gasteiger partial charge in [0.25, 0.3) is 0 Å². The standard InChI is InChI=1S/C38H51N5O3/c1-6-35(44)41-32-10-7-28(8-11-32)36(45)42(34-22-29(13-20-39-34)30-23-40-43(24-30)26(2)3)25-37-14-17-38(18-15-37,19-16-37)31-9-12-33(46-5)27(4)21-31/h9,12-13,20-24,26,28,32H,6-8,10-11,14-19,25H2,1-5H3,(H,41,44). The number of amides is 2. The number of methoxy groups -OCH3 is 1. The number of hydrogen-bond donors (Lipinski definition) is 1. The minimum absolute atomic E-state index is 0.0612. The Bertz CT molecular complexity index is 1530. The molecule has 3 aromatic rings. The summed E-state index contributed by atoms with van der Waals surface area (Å²) in [5, 5.41) is 7.70. The second-order valence-corrected chi connectivity index (χ2v) is 14.6. The number of nitrogens with zero attached hydrogens (tertiary/aromatic N) is 4. The van der Waals surface area contributed by atoms with Gasteiger partial charge in [0.1, 0.15) is 11.6 Å². The molecule has 2 bridgehead atoms. The van der Waals surface area contributed by atoms with E-state index >= 15 is 0 Å². The molecule has 2 aromatic heterocycles. The van der Waals surface area contributed by atoms with Gasteiger partial charge in [0.15, 0.2) is 0 Å². The second-order valence-electron chi connectivity index (χ2n) is 14.6. The quantitative estimate of drug-likeness (QED) is 0.251. The van der Waals surface area contributed by atoms with Gasteiger partial charge in [-0.15, -0.1) is 0 Å². The molecule has 0 unspecified atom stereocenters. The molecule has 0 radical (unpaired) electrons. The molecule has 4 aliphatic rings. The lowest BCUT2D eigenvalue weighted by molar-refractivity contribution is -0.124. The number of ether oxygens (including phenoxy) is 1. The van der Waals surface area contributed by atoms with E-state index in [0.717, 1.165) is 86.9 Å². The molecule has 8 nitrogen and oxygen atoms in total. The molecule has 4 saturated carbocycles. The number of benzene rings is 1. The van der Waals surface area contributed by atoms with Crippen LogP contribution in [-0.4, -0.2) is 46.3 Å². The van der Waals surface area contributed by atoms with Gasteiger partial charge >= 0.3 is 0 Å². The van der Waals surface area contributed by atoms with Gasteiger partial charge in [-0.05, 0) is 131 Å². The lowest BCUT2D eigenvalue weighted by Crippen LogP contribution is -2.52. The number of aryl methyl sites for hydroxylation is 1. The highest BCUT2D eigenvalue weighted by molar-refractivity contribution is 5.95. The molecule has 2 heterocycles. The third-order valence-corrected chi connectivity index (χ3v) is 11.4. The number of anilines is 1. The van der Waals surface area contributed by atoms with E-state index in [-0.39, 0.29) is 40.6 Å². The fraction of sp³-hybridized carbons (Fsp3) is 0.579. The van der Waals surface area contributed by atoms with Crippen LogP contribution in [0, 0.1) is 18.3 Å². The smallest absolute Gasteiger partial charge is 0.231 e. The maximum atomic E-state index is 14.5. The van der Waals surface area contributed by atoms with Gasteiger partial charge in [0, 0.05) is 48.9 Å². The molecule has 1 aromatic carbocycles. The zero-order chi connectivity index (χ0) is 32.5. The fourth-order valence-corrected chi connectivity index (χ4v) is 8.30. The molecule has 246 valence electrons. The van der Waals surface area contributed by atoms with E-state index in [4.69, 9.17) is 9.72 Å². The van der Waals surface area contributed by atoms with Crippen LogP contribution in [0.15, 0.2) is 48.9 Å². The number of hydrogen-bond acceptors (Lipinski definition) is 5. The molecular weight excluding hydrogens is 574 g/mol. The molecule has 0 spiro atoms. The summed E-state index contributed by atoms with van der Waals surface area (Å²) >= 11 is 0. The van der Waals surface area contributed by atoms with Crippen LogP contribution in [0.3, 0.4) is 0 Å². The highest BCUT2D eigenvalue weighted by atomic mass is 16.5. The highest BCUT2D eigenvalue weighted by Crippen LogP contribution is 2.58. The van der Waals surface area contributed by atoms with Gasteiger partial charge in [-0.2, -0.15) is 5.10 Å². The first-order chi connectivity index (χ1) is 22.1. The van der Waals surface area contributed by atoms with E-state index in [2.05, 4.69) is 61.6 Å². The zero-order valence-electron chi connectivity index (χ0n) is 28.3. The van der Waals surface area contributed by atoms with Crippen molar-refractivity contribution in [1.82, 2.24) is 20.1 Å². The predicted octanol–water partition coefficient (Wildman–Crippen LogP) is 7.55. The number of pyridine rings is 1. The number of nitrogens with one attached hydrogen (secondary N) is 1. The Morgan fingerprint density at radius 1 is 1.02 bits per heavy atom. The largest absolute Gasteiger partial charge is 0.496 e. The number of aromatic nitrogens is 3. The van der Waals surface area contributed by atoms with Crippen LogP contribution in [0.25, 0.3) is 11.1 Å². The SMILES string of the molecule is CCC(=O)NC1CCC(C(=O)N(CC23CCC(c4ccc(OC)c(C)c4)(CC2)CC3)c2cc(-c3cnn(C(C)C)c3)ccn2)CC1. The summed E-state index contributed by atoms with van der Waals surface area (Å²) < 4.78 is 7.51. The summed E-state index contributed by atoms with van der Waals surface area (Å²) in [5.74, 6) is 1.90. The molecular formula is C38H51N5O3. The first kappa shape index (κ1) is 32.3. The third-order valence-electron chi connectivity index (χ3n) is 11.4. The van der Waals surface area contributed by atoms with Crippen molar-refractivity contribution < 1.29 is 14.3 Å². The summed E-state index contributed by atoms with van der Waals surface area (Å²) in [5.41, 5.74) is 5.00. The van der Waals surface area contributed by atoms with E-state index in [9.17, 15) is 9.59 Å². The minimum atomic E-state index is -0.0612. The summed E-state index contributed by atoms with van der Waals surface area (Å²) in [4.78, 5) is 33.4. The monoisotopic (exact) mass is 625 g/mol. The lowest BCUT2D eigenvalue weighted by Gasteiger charge is -2.55. The molecule has 4 fully saturated rings. The van der Waals surface area contributed by atoms with E-state index in [1.54, 1.807) is 7.11 Å². The molecule has 0 saturated heterocycles. The van der Waals surface area contributed by atoms with Crippen molar-refractivity contribution in [3.63, 3.8) is 0 Å². The lowest BCUT2D eigenvalue weighted by atomic mass is 9.51. The second kappa shape index (κ2) is 13.2. The third kappa shape index (κ3) is 6.45. The highest BCUT2D eigenvalue weighted by Gasteiger charge is 2.51. The van der Waals surface area contributed by atoms with E-state index in [1.807, 2.05) is 35.0 Å².